The molecule has 0 radical (unpaired) electrons. The second kappa shape index (κ2) is 9.52. The summed E-state index contributed by atoms with van der Waals surface area (Å²) < 4.78 is 35.9. The summed E-state index contributed by atoms with van der Waals surface area (Å²) in [5.41, 5.74) is 0.681. The Kier molecular flexibility index (Phi) is 6.74. The van der Waals surface area contributed by atoms with Crippen molar-refractivity contribution < 1.29 is 13.5 Å². The molecule has 6 nitrogen and oxygen atoms in total. The molecule has 0 bridgehead atoms. The fourth-order valence-corrected chi connectivity index (χ4v) is 6.71. The van der Waals surface area contributed by atoms with E-state index in [-0.39, 0.29) is 33.7 Å². The van der Waals surface area contributed by atoms with Gasteiger partial charge in [0.05, 0.1) is 28.2 Å². The lowest BCUT2D eigenvalue weighted by Crippen LogP contribution is -2.55. The summed E-state index contributed by atoms with van der Waals surface area (Å²) in [7, 11) is 1.58. The van der Waals surface area contributed by atoms with E-state index in [4.69, 9.17) is 27.9 Å². The summed E-state index contributed by atoms with van der Waals surface area (Å²) in [6.45, 7) is 5.87. The van der Waals surface area contributed by atoms with Gasteiger partial charge in [-0.15, -0.1) is 11.8 Å². The third-order valence-electron chi connectivity index (χ3n) is 6.56. The van der Waals surface area contributed by atoms with Crippen molar-refractivity contribution in [2.24, 2.45) is 0 Å². The van der Waals surface area contributed by atoms with Crippen LogP contribution in [-0.4, -0.2) is 54.2 Å². The van der Waals surface area contributed by atoms with Gasteiger partial charge in [-0.3, -0.25) is 4.57 Å². The zero-order valence-corrected chi connectivity index (χ0v) is 21.7. The van der Waals surface area contributed by atoms with E-state index in [1.54, 1.807) is 17.7 Å². The molecule has 0 amide bonds. The lowest BCUT2D eigenvalue weighted by atomic mass is 10.0. The maximum Gasteiger partial charge on any atom is 0.350 e. The zero-order chi connectivity index (χ0) is 25.0. The van der Waals surface area contributed by atoms with Crippen LogP contribution in [0.3, 0.4) is 0 Å². The van der Waals surface area contributed by atoms with Crippen LogP contribution in [0, 0.1) is 11.6 Å². The summed E-state index contributed by atoms with van der Waals surface area (Å²) in [6.07, 6.45) is 0. The van der Waals surface area contributed by atoms with E-state index in [9.17, 15) is 13.6 Å². The van der Waals surface area contributed by atoms with E-state index in [0.717, 1.165) is 12.6 Å². The van der Waals surface area contributed by atoms with E-state index in [1.165, 1.54) is 17.8 Å². The van der Waals surface area contributed by atoms with Crippen LogP contribution in [0.4, 0.5) is 14.6 Å². The van der Waals surface area contributed by atoms with Gasteiger partial charge in [-0.25, -0.2) is 13.6 Å². The van der Waals surface area contributed by atoms with Crippen molar-refractivity contribution in [1.82, 2.24) is 14.9 Å². The highest BCUT2D eigenvalue weighted by Crippen LogP contribution is 2.48. The van der Waals surface area contributed by atoms with Gasteiger partial charge in [0, 0.05) is 65.5 Å². The van der Waals surface area contributed by atoms with Crippen molar-refractivity contribution in [2.45, 2.75) is 36.9 Å². The fraction of sp³-hybridized carbons (Fsp3) is 0.417. The highest BCUT2D eigenvalue weighted by molar-refractivity contribution is 7.99. The summed E-state index contributed by atoms with van der Waals surface area (Å²) in [5.74, 6) is -0.580. The van der Waals surface area contributed by atoms with Crippen molar-refractivity contribution in [2.75, 3.05) is 37.5 Å². The number of hydrogen-bond acceptors (Lipinski definition) is 6. The molecule has 3 atom stereocenters. The Hall–Kier alpha value is -1.91. The summed E-state index contributed by atoms with van der Waals surface area (Å²) in [6, 6.07) is 3.75. The van der Waals surface area contributed by atoms with Crippen LogP contribution in [0.5, 0.6) is 0 Å². The standard InChI is InChI=1S/C24H24Cl2F2N4O2S/c1-11-8-31(12(2)7-29-11)23-15-5-17(26)20(14-4-16(25)19(28)6-18(14)27)22-21(15)32(24(33)30-23)13(9-34-3)10-35-22/h4-6,11-13,29H,7-10H2,1-3H3/t11-,12+,13+/m1/s1. The predicted molar refractivity (Wildman–Crippen MR) is 137 cm³/mol. The van der Waals surface area contributed by atoms with E-state index in [0.29, 0.717) is 46.1 Å². The quantitative estimate of drug-likeness (QED) is 0.463. The van der Waals surface area contributed by atoms with Gasteiger partial charge in [-0.2, -0.15) is 4.98 Å². The minimum atomic E-state index is -0.850. The fourth-order valence-electron chi connectivity index (χ4n) is 4.88. The van der Waals surface area contributed by atoms with Gasteiger partial charge in [0.2, 0.25) is 0 Å². The SMILES string of the molecule is COC[C@H]1CSc2c(-c3cc(Cl)c(F)cc3F)c(Cl)cc3c(N4C[C@@H](C)NC[C@@H]4C)nc(=O)n1c23. The molecule has 2 aliphatic rings. The third kappa shape index (κ3) is 4.21. The number of methoxy groups -OCH3 is 1. The van der Waals surface area contributed by atoms with Crippen molar-refractivity contribution in [3.05, 3.63) is 50.4 Å². The number of anilines is 1. The van der Waals surface area contributed by atoms with Gasteiger partial charge in [-0.05, 0) is 26.0 Å². The van der Waals surface area contributed by atoms with E-state index in [2.05, 4.69) is 29.0 Å². The first-order valence-corrected chi connectivity index (χ1v) is 13.0. The zero-order valence-electron chi connectivity index (χ0n) is 19.4. The topological polar surface area (TPSA) is 59.4 Å². The van der Waals surface area contributed by atoms with Gasteiger partial charge < -0.3 is 15.0 Å². The molecule has 1 N–H and O–H groups in total. The van der Waals surface area contributed by atoms with Crippen LogP contribution in [0.2, 0.25) is 10.0 Å². The number of thioether (sulfide) groups is 1. The van der Waals surface area contributed by atoms with Gasteiger partial charge in [0.1, 0.15) is 17.5 Å². The van der Waals surface area contributed by atoms with Gasteiger partial charge >= 0.3 is 5.69 Å². The Bertz CT molecular complexity index is 1390. The van der Waals surface area contributed by atoms with Gasteiger partial charge in [0.15, 0.2) is 0 Å². The lowest BCUT2D eigenvalue weighted by molar-refractivity contribution is 0.163. The maximum absolute atomic E-state index is 15.0. The Labute approximate surface area is 215 Å². The molecule has 1 saturated heterocycles. The summed E-state index contributed by atoms with van der Waals surface area (Å²) in [4.78, 5) is 20.7. The number of aromatic nitrogens is 2. The van der Waals surface area contributed by atoms with Crippen molar-refractivity contribution in [3.8, 4) is 11.1 Å². The smallest absolute Gasteiger partial charge is 0.350 e. The first-order chi connectivity index (χ1) is 16.7. The van der Waals surface area contributed by atoms with Crippen molar-refractivity contribution in [1.29, 1.82) is 0 Å². The molecular weight excluding hydrogens is 517 g/mol. The molecule has 186 valence electrons. The van der Waals surface area contributed by atoms with E-state index in [1.807, 2.05) is 0 Å². The molecule has 0 saturated carbocycles. The Morgan fingerprint density at radius 1 is 1.20 bits per heavy atom. The molecule has 2 aliphatic heterocycles. The molecule has 35 heavy (non-hydrogen) atoms. The second-order valence-electron chi connectivity index (χ2n) is 9.02. The molecule has 3 aromatic rings. The first-order valence-electron chi connectivity index (χ1n) is 11.3. The molecule has 2 aromatic carbocycles. The van der Waals surface area contributed by atoms with Crippen LogP contribution in [0.1, 0.15) is 19.9 Å². The minimum Gasteiger partial charge on any atom is -0.383 e. The molecule has 1 fully saturated rings. The molecule has 5 rings (SSSR count). The number of benzene rings is 2. The molecule has 0 aliphatic carbocycles. The number of halogens is 4. The van der Waals surface area contributed by atoms with E-state index < -0.39 is 17.3 Å². The van der Waals surface area contributed by atoms with Crippen molar-refractivity contribution >= 4 is 51.7 Å². The summed E-state index contributed by atoms with van der Waals surface area (Å²) in [5, 5.41) is 4.21. The Morgan fingerprint density at radius 2 is 1.97 bits per heavy atom. The van der Waals surface area contributed by atoms with E-state index >= 15 is 0 Å². The second-order valence-corrected chi connectivity index (χ2v) is 10.9. The van der Waals surface area contributed by atoms with Crippen LogP contribution >= 0.6 is 35.0 Å². The number of ether oxygens (including phenoxy) is 1. The molecule has 1 aromatic heterocycles. The molecule has 0 unspecified atom stereocenters. The van der Waals surface area contributed by atoms with Crippen LogP contribution < -0.4 is 15.9 Å². The normalized spacial score (nSPS) is 22.1. The highest BCUT2D eigenvalue weighted by Gasteiger charge is 2.33. The largest absolute Gasteiger partial charge is 0.383 e. The highest BCUT2D eigenvalue weighted by atomic mass is 35.5. The minimum absolute atomic E-state index is 0.0810. The van der Waals surface area contributed by atoms with Gasteiger partial charge in [-0.1, -0.05) is 23.2 Å². The monoisotopic (exact) mass is 540 g/mol. The molecular formula is C24H24Cl2F2N4O2S. The van der Waals surface area contributed by atoms with Gasteiger partial charge in [0.25, 0.3) is 0 Å². The lowest BCUT2D eigenvalue weighted by Gasteiger charge is -2.39. The van der Waals surface area contributed by atoms with Crippen LogP contribution in [0.25, 0.3) is 22.0 Å². The molecule has 3 heterocycles. The number of rotatable bonds is 4. The molecule has 11 heteroatoms. The third-order valence-corrected chi connectivity index (χ3v) is 8.38. The predicted octanol–water partition coefficient (Wildman–Crippen LogP) is 5.13. The Balaban J connectivity index is 1.85. The van der Waals surface area contributed by atoms with Crippen molar-refractivity contribution in [3.63, 3.8) is 0 Å². The first kappa shape index (κ1) is 24.8. The average Bonchev–Trinajstić information content (AvgIpc) is 2.81. The van der Waals surface area contributed by atoms with Crippen LogP contribution in [-0.2, 0) is 4.74 Å². The average molecular weight is 541 g/mol. The number of nitrogens with zero attached hydrogens (tertiary/aromatic N) is 3. The maximum atomic E-state index is 15.0. The number of hydrogen-bond donors (Lipinski definition) is 1. The number of piperazine rings is 1. The number of nitrogens with one attached hydrogen (secondary N) is 1. The summed E-state index contributed by atoms with van der Waals surface area (Å²) >= 11 is 14.3. The molecule has 0 spiro atoms. The van der Waals surface area contributed by atoms with Crippen LogP contribution in [0.15, 0.2) is 27.9 Å². The Morgan fingerprint density at radius 3 is 2.71 bits per heavy atom.